The summed E-state index contributed by atoms with van der Waals surface area (Å²) >= 11 is 5.77. The zero-order valence-corrected chi connectivity index (χ0v) is 8.83. The Kier molecular flexibility index (Phi) is 4.93. The minimum absolute atomic E-state index is 0.00137. The van der Waals surface area contributed by atoms with Gasteiger partial charge in [-0.1, -0.05) is 23.7 Å². The first-order valence-electron chi connectivity index (χ1n) is 4.48. The Morgan fingerprint density at radius 3 is 3.00 bits per heavy atom. The van der Waals surface area contributed by atoms with E-state index in [4.69, 9.17) is 16.7 Å². The summed E-state index contributed by atoms with van der Waals surface area (Å²) in [7, 11) is 0. The Morgan fingerprint density at radius 1 is 1.53 bits per heavy atom. The minimum Gasteiger partial charge on any atom is -0.447 e. The van der Waals surface area contributed by atoms with E-state index < -0.39 is 6.09 Å². The van der Waals surface area contributed by atoms with Gasteiger partial charge in [-0.2, -0.15) is 0 Å². The first kappa shape index (κ1) is 11.8. The van der Waals surface area contributed by atoms with Crippen molar-refractivity contribution >= 4 is 17.7 Å². The lowest BCUT2D eigenvalue weighted by molar-refractivity contribution is 0.119. The van der Waals surface area contributed by atoms with Gasteiger partial charge in [-0.25, -0.2) is 4.79 Å². The SMILES string of the molecule is O=C(NCc1cccc(Cl)c1)OCCO. The molecule has 0 heterocycles. The molecule has 0 unspecified atom stereocenters. The number of rotatable bonds is 4. The molecule has 5 heteroatoms. The normalized spacial score (nSPS) is 9.73. The Bertz CT molecular complexity index is 330. The monoisotopic (exact) mass is 229 g/mol. The lowest BCUT2D eigenvalue weighted by atomic mass is 10.2. The van der Waals surface area contributed by atoms with Crippen LogP contribution in [0.3, 0.4) is 0 Å². The smallest absolute Gasteiger partial charge is 0.407 e. The highest BCUT2D eigenvalue weighted by Crippen LogP contribution is 2.10. The minimum atomic E-state index is -0.552. The van der Waals surface area contributed by atoms with E-state index in [1.165, 1.54) is 0 Å². The molecule has 0 aromatic heterocycles. The van der Waals surface area contributed by atoms with Gasteiger partial charge >= 0.3 is 6.09 Å². The van der Waals surface area contributed by atoms with E-state index in [1.807, 2.05) is 6.07 Å². The second-order valence-corrected chi connectivity index (χ2v) is 3.28. The van der Waals surface area contributed by atoms with Crippen LogP contribution in [0.25, 0.3) is 0 Å². The molecule has 4 nitrogen and oxygen atoms in total. The molecule has 0 bridgehead atoms. The molecule has 0 saturated carbocycles. The van der Waals surface area contributed by atoms with Crippen LogP contribution in [-0.2, 0) is 11.3 Å². The molecule has 15 heavy (non-hydrogen) atoms. The first-order chi connectivity index (χ1) is 7.22. The predicted octanol–water partition coefficient (Wildman–Crippen LogP) is 1.56. The number of ether oxygens (including phenoxy) is 1. The molecule has 82 valence electrons. The van der Waals surface area contributed by atoms with Crippen LogP contribution >= 0.6 is 11.6 Å². The number of hydrogen-bond donors (Lipinski definition) is 2. The highest BCUT2D eigenvalue weighted by Gasteiger charge is 2.01. The fraction of sp³-hybridized carbons (Fsp3) is 0.300. The zero-order valence-electron chi connectivity index (χ0n) is 8.07. The largest absolute Gasteiger partial charge is 0.447 e. The standard InChI is InChI=1S/C10H12ClNO3/c11-9-3-1-2-8(6-9)7-12-10(14)15-5-4-13/h1-3,6,13H,4-5,7H2,(H,12,14). The summed E-state index contributed by atoms with van der Waals surface area (Å²) < 4.78 is 4.61. The summed E-state index contributed by atoms with van der Waals surface area (Å²) in [6, 6.07) is 7.17. The van der Waals surface area contributed by atoms with Gasteiger partial charge in [-0.3, -0.25) is 0 Å². The van der Waals surface area contributed by atoms with E-state index in [-0.39, 0.29) is 13.2 Å². The molecule has 0 saturated heterocycles. The number of aliphatic hydroxyl groups excluding tert-OH is 1. The Balaban J connectivity index is 2.33. The topological polar surface area (TPSA) is 58.6 Å². The third-order valence-corrected chi connectivity index (χ3v) is 1.89. The maximum absolute atomic E-state index is 11.0. The average Bonchev–Trinajstić information content (AvgIpc) is 2.23. The summed E-state index contributed by atoms with van der Waals surface area (Å²) in [5.74, 6) is 0. The van der Waals surface area contributed by atoms with Crippen LogP contribution in [0.2, 0.25) is 5.02 Å². The van der Waals surface area contributed by atoms with Crippen molar-refractivity contribution in [2.45, 2.75) is 6.54 Å². The van der Waals surface area contributed by atoms with E-state index in [0.29, 0.717) is 11.6 Å². The predicted molar refractivity (Wildman–Crippen MR) is 56.7 cm³/mol. The van der Waals surface area contributed by atoms with Crippen molar-refractivity contribution in [1.82, 2.24) is 5.32 Å². The molecule has 1 aromatic carbocycles. The van der Waals surface area contributed by atoms with Crippen molar-refractivity contribution in [3.05, 3.63) is 34.9 Å². The number of alkyl carbamates (subject to hydrolysis) is 1. The molecule has 1 aromatic rings. The van der Waals surface area contributed by atoms with Crippen LogP contribution in [-0.4, -0.2) is 24.4 Å². The van der Waals surface area contributed by atoms with Crippen LogP contribution in [0.4, 0.5) is 4.79 Å². The molecule has 0 aliphatic heterocycles. The number of hydrogen-bond acceptors (Lipinski definition) is 3. The molecule has 0 aliphatic rings. The Labute approximate surface area is 92.8 Å². The summed E-state index contributed by atoms with van der Waals surface area (Å²) in [5.41, 5.74) is 0.892. The first-order valence-corrected chi connectivity index (χ1v) is 4.86. The summed E-state index contributed by atoms with van der Waals surface area (Å²) in [6.45, 7) is 0.177. The van der Waals surface area contributed by atoms with Gasteiger partial charge in [0.05, 0.1) is 6.61 Å². The summed E-state index contributed by atoms with van der Waals surface area (Å²) in [5, 5.41) is 11.6. The summed E-state index contributed by atoms with van der Waals surface area (Å²) in [6.07, 6.45) is -0.552. The number of benzene rings is 1. The molecule has 0 aliphatic carbocycles. The second kappa shape index (κ2) is 6.27. The number of amides is 1. The van der Waals surface area contributed by atoms with Crippen LogP contribution < -0.4 is 5.32 Å². The fourth-order valence-corrected chi connectivity index (χ4v) is 1.22. The van der Waals surface area contributed by atoms with Crippen LogP contribution in [0.1, 0.15) is 5.56 Å². The van der Waals surface area contributed by atoms with Crippen molar-refractivity contribution < 1.29 is 14.6 Å². The third kappa shape index (κ3) is 4.67. The Hall–Kier alpha value is -1.26. The van der Waals surface area contributed by atoms with E-state index >= 15 is 0 Å². The lowest BCUT2D eigenvalue weighted by Crippen LogP contribution is -2.24. The van der Waals surface area contributed by atoms with Crippen molar-refractivity contribution in [2.75, 3.05) is 13.2 Å². The van der Waals surface area contributed by atoms with Gasteiger partial charge in [-0.15, -0.1) is 0 Å². The van der Waals surface area contributed by atoms with Gasteiger partial charge in [0.15, 0.2) is 0 Å². The van der Waals surface area contributed by atoms with Crippen molar-refractivity contribution in [1.29, 1.82) is 0 Å². The number of halogens is 1. The maximum atomic E-state index is 11.0. The number of carbonyl (C=O) groups is 1. The zero-order chi connectivity index (χ0) is 11.1. The van der Waals surface area contributed by atoms with Gasteiger partial charge in [0.2, 0.25) is 0 Å². The van der Waals surface area contributed by atoms with Crippen LogP contribution in [0.5, 0.6) is 0 Å². The lowest BCUT2D eigenvalue weighted by Gasteiger charge is -2.05. The van der Waals surface area contributed by atoms with Crippen LogP contribution in [0.15, 0.2) is 24.3 Å². The Morgan fingerprint density at radius 2 is 2.33 bits per heavy atom. The average molecular weight is 230 g/mol. The van der Waals surface area contributed by atoms with E-state index in [0.717, 1.165) is 5.56 Å². The van der Waals surface area contributed by atoms with E-state index in [9.17, 15) is 4.79 Å². The molecular formula is C10H12ClNO3. The van der Waals surface area contributed by atoms with Crippen LogP contribution in [0, 0.1) is 0 Å². The third-order valence-electron chi connectivity index (χ3n) is 1.65. The van der Waals surface area contributed by atoms with Gasteiger partial charge in [0.25, 0.3) is 0 Å². The van der Waals surface area contributed by atoms with Crippen molar-refractivity contribution in [3.63, 3.8) is 0 Å². The molecule has 0 fully saturated rings. The molecule has 0 spiro atoms. The maximum Gasteiger partial charge on any atom is 0.407 e. The summed E-state index contributed by atoms with van der Waals surface area (Å²) in [4.78, 5) is 11.0. The molecular weight excluding hydrogens is 218 g/mol. The van der Waals surface area contributed by atoms with Gasteiger partial charge in [0, 0.05) is 11.6 Å². The fourth-order valence-electron chi connectivity index (χ4n) is 1.01. The highest BCUT2D eigenvalue weighted by atomic mass is 35.5. The van der Waals surface area contributed by atoms with Gasteiger partial charge in [0.1, 0.15) is 6.61 Å². The molecule has 1 rings (SSSR count). The quantitative estimate of drug-likeness (QED) is 0.824. The molecule has 0 atom stereocenters. The van der Waals surface area contributed by atoms with Gasteiger partial charge in [-0.05, 0) is 17.7 Å². The van der Waals surface area contributed by atoms with E-state index in [1.54, 1.807) is 18.2 Å². The molecule has 1 amide bonds. The number of aliphatic hydroxyl groups is 1. The number of nitrogens with one attached hydrogen (secondary N) is 1. The number of carbonyl (C=O) groups excluding carboxylic acids is 1. The van der Waals surface area contributed by atoms with Crippen molar-refractivity contribution in [2.24, 2.45) is 0 Å². The van der Waals surface area contributed by atoms with Crippen molar-refractivity contribution in [3.8, 4) is 0 Å². The molecule has 0 radical (unpaired) electrons. The molecule has 2 N–H and O–H groups in total. The second-order valence-electron chi connectivity index (χ2n) is 2.84. The van der Waals surface area contributed by atoms with Gasteiger partial charge < -0.3 is 15.2 Å². The van der Waals surface area contributed by atoms with E-state index in [2.05, 4.69) is 10.1 Å². The highest BCUT2D eigenvalue weighted by molar-refractivity contribution is 6.30.